The van der Waals surface area contributed by atoms with Gasteiger partial charge in [0, 0.05) is 24.0 Å². The summed E-state index contributed by atoms with van der Waals surface area (Å²) in [5, 5.41) is 3.11. The van der Waals surface area contributed by atoms with Crippen LogP contribution < -0.4 is 0 Å². The maximum absolute atomic E-state index is 13.0. The third-order valence-corrected chi connectivity index (χ3v) is 5.73. The molecule has 0 unspecified atom stereocenters. The highest BCUT2D eigenvalue weighted by atomic mass is 32.1. The summed E-state index contributed by atoms with van der Waals surface area (Å²) in [4.78, 5) is 19.5. The summed E-state index contributed by atoms with van der Waals surface area (Å²) in [5.41, 5.74) is 1.31. The quantitative estimate of drug-likeness (QED) is 0.858. The van der Waals surface area contributed by atoms with Crippen molar-refractivity contribution in [1.29, 1.82) is 0 Å². The number of thiazole rings is 1. The van der Waals surface area contributed by atoms with Gasteiger partial charge in [-0.3, -0.25) is 4.79 Å². The molecule has 1 aromatic carbocycles. The second kappa shape index (κ2) is 5.84. The number of likely N-dealkylation sites (tertiary alicyclic amines) is 1. The lowest BCUT2D eigenvalue weighted by Gasteiger charge is -2.34. The van der Waals surface area contributed by atoms with E-state index >= 15 is 0 Å². The van der Waals surface area contributed by atoms with E-state index in [4.69, 9.17) is 0 Å². The smallest absolute Gasteiger partial charge is 0.226 e. The van der Waals surface area contributed by atoms with Gasteiger partial charge in [-0.2, -0.15) is 0 Å². The summed E-state index contributed by atoms with van der Waals surface area (Å²) in [7, 11) is 0. The molecule has 0 bridgehead atoms. The van der Waals surface area contributed by atoms with Crippen molar-refractivity contribution in [3.05, 3.63) is 52.5 Å². The van der Waals surface area contributed by atoms with E-state index in [1.165, 1.54) is 12.0 Å². The first-order valence-corrected chi connectivity index (χ1v) is 8.97. The molecule has 1 aromatic heterocycles. The fourth-order valence-electron chi connectivity index (χ4n) is 3.60. The van der Waals surface area contributed by atoms with Gasteiger partial charge in [0.25, 0.3) is 0 Å². The molecular formula is C18H20N2OS. The van der Waals surface area contributed by atoms with Crippen LogP contribution in [-0.2, 0) is 4.79 Å². The minimum Gasteiger partial charge on any atom is -0.333 e. The molecule has 3 nitrogen and oxygen atoms in total. The molecule has 2 fully saturated rings. The van der Waals surface area contributed by atoms with Crippen molar-refractivity contribution in [3.8, 4) is 0 Å². The van der Waals surface area contributed by atoms with E-state index in [1.54, 1.807) is 11.3 Å². The first kappa shape index (κ1) is 13.9. The van der Waals surface area contributed by atoms with E-state index < -0.39 is 0 Å². The zero-order valence-corrected chi connectivity index (χ0v) is 13.3. The van der Waals surface area contributed by atoms with Gasteiger partial charge in [-0.15, -0.1) is 11.3 Å². The summed E-state index contributed by atoms with van der Waals surface area (Å²) in [6, 6.07) is 10.7. The molecule has 2 aromatic rings. The Kier molecular flexibility index (Phi) is 3.70. The minimum absolute atomic E-state index is 0.183. The number of benzene rings is 1. The SMILES string of the molecule is O=C([C@@H]1C[C@@H]1c1ccccc1)N1CCCC[C@H]1c1nccs1. The average molecular weight is 312 g/mol. The van der Waals surface area contributed by atoms with E-state index in [0.29, 0.717) is 11.8 Å². The third-order valence-electron chi connectivity index (χ3n) is 4.86. The van der Waals surface area contributed by atoms with Gasteiger partial charge >= 0.3 is 0 Å². The molecule has 22 heavy (non-hydrogen) atoms. The van der Waals surface area contributed by atoms with Crippen molar-refractivity contribution in [2.45, 2.75) is 37.6 Å². The third kappa shape index (κ3) is 2.56. The number of hydrogen-bond acceptors (Lipinski definition) is 3. The molecule has 1 saturated carbocycles. The van der Waals surface area contributed by atoms with Crippen LogP contribution in [0.3, 0.4) is 0 Å². The second-order valence-corrected chi connectivity index (χ2v) is 7.20. The molecule has 4 heteroatoms. The summed E-state index contributed by atoms with van der Waals surface area (Å²) in [5.74, 6) is 0.948. The van der Waals surface area contributed by atoms with E-state index in [2.05, 4.69) is 34.1 Å². The van der Waals surface area contributed by atoms with Gasteiger partial charge in [0.2, 0.25) is 5.91 Å². The van der Waals surface area contributed by atoms with Crippen LogP contribution >= 0.6 is 11.3 Å². The van der Waals surface area contributed by atoms with Gasteiger partial charge in [-0.1, -0.05) is 30.3 Å². The highest BCUT2D eigenvalue weighted by Crippen LogP contribution is 2.49. The molecule has 0 N–H and O–H groups in total. The minimum atomic E-state index is 0.183. The number of amides is 1. The number of carbonyl (C=O) groups excluding carboxylic acids is 1. The van der Waals surface area contributed by atoms with Crippen LogP contribution in [0, 0.1) is 5.92 Å². The van der Waals surface area contributed by atoms with E-state index in [0.717, 1.165) is 30.8 Å². The fourth-order valence-corrected chi connectivity index (χ4v) is 4.39. The standard InChI is InChI=1S/C18H20N2OS/c21-18(15-12-14(15)13-6-2-1-3-7-13)20-10-5-4-8-16(20)17-19-9-11-22-17/h1-3,6-7,9,11,14-16H,4-5,8,10,12H2/t14-,15-,16+/m1/s1. The molecule has 1 amide bonds. The van der Waals surface area contributed by atoms with Gasteiger partial charge < -0.3 is 4.90 Å². The van der Waals surface area contributed by atoms with E-state index in [-0.39, 0.29) is 12.0 Å². The Morgan fingerprint density at radius 2 is 2.09 bits per heavy atom. The van der Waals surface area contributed by atoms with Gasteiger partial charge in [0.05, 0.1) is 6.04 Å². The summed E-state index contributed by atoms with van der Waals surface area (Å²) >= 11 is 1.67. The Balaban J connectivity index is 1.50. The molecule has 1 aliphatic carbocycles. The molecule has 114 valence electrons. The Bertz CT molecular complexity index is 640. The van der Waals surface area contributed by atoms with Gasteiger partial charge in [-0.25, -0.2) is 4.98 Å². The van der Waals surface area contributed by atoms with Crippen LogP contribution in [0.2, 0.25) is 0 Å². The largest absolute Gasteiger partial charge is 0.333 e. The highest BCUT2D eigenvalue weighted by molar-refractivity contribution is 7.09. The van der Waals surface area contributed by atoms with Crippen LogP contribution in [-0.4, -0.2) is 22.3 Å². The van der Waals surface area contributed by atoms with Crippen LogP contribution in [0.4, 0.5) is 0 Å². The predicted molar refractivity (Wildman–Crippen MR) is 87.7 cm³/mol. The van der Waals surface area contributed by atoms with Crippen molar-refractivity contribution in [1.82, 2.24) is 9.88 Å². The highest BCUT2D eigenvalue weighted by Gasteiger charge is 2.47. The van der Waals surface area contributed by atoms with Gasteiger partial charge in [-0.05, 0) is 37.2 Å². The van der Waals surface area contributed by atoms with Gasteiger partial charge in [0.15, 0.2) is 0 Å². The van der Waals surface area contributed by atoms with E-state index in [1.807, 2.05) is 17.6 Å². The average Bonchev–Trinajstić information content (AvgIpc) is 3.20. The molecule has 1 aliphatic heterocycles. The molecule has 2 aliphatic rings. The Morgan fingerprint density at radius 1 is 1.23 bits per heavy atom. The molecule has 4 rings (SSSR count). The lowest BCUT2D eigenvalue weighted by atomic mass is 10.0. The molecule has 1 saturated heterocycles. The number of carbonyl (C=O) groups is 1. The second-order valence-electron chi connectivity index (χ2n) is 6.27. The number of piperidine rings is 1. The normalized spacial score (nSPS) is 27.6. The summed E-state index contributed by atoms with van der Waals surface area (Å²) in [6.07, 6.45) is 6.23. The van der Waals surface area contributed by atoms with Crippen molar-refractivity contribution in [2.75, 3.05) is 6.54 Å². The van der Waals surface area contributed by atoms with Crippen LogP contribution in [0.25, 0.3) is 0 Å². The van der Waals surface area contributed by atoms with Crippen molar-refractivity contribution in [3.63, 3.8) is 0 Å². The summed E-state index contributed by atoms with van der Waals surface area (Å²) < 4.78 is 0. The zero-order chi connectivity index (χ0) is 14.9. The first-order chi connectivity index (χ1) is 10.8. The Morgan fingerprint density at radius 3 is 2.86 bits per heavy atom. The fraction of sp³-hybridized carbons (Fsp3) is 0.444. The Labute approximate surface area is 135 Å². The Hall–Kier alpha value is -1.68. The molecule has 2 heterocycles. The lowest BCUT2D eigenvalue weighted by Crippen LogP contribution is -2.39. The van der Waals surface area contributed by atoms with Crippen LogP contribution in [0.15, 0.2) is 41.9 Å². The molecular weight excluding hydrogens is 292 g/mol. The monoisotopic (exact) mass is 312 g/mol. The van der Waals surface area contributed by atoms with Crippen molar-refractivity contribution in [2.24, 2.45) is 5.92 Å². The maximum atomic E-state index is 13.0. The zero-order valence-electron chi connectivity index (χ0n) is 12.5. The molecule has 0 radical (unpaired) electrons. The summed E-state index contributed by atoms with van der Waals surface area (Å²) in [6.45, 7) is 0.890. The molecule has 0 spiro atoms. The number of aromatic nitrogens is 1. The van der Waals surface area contributed by atoms with Crippen LogP contribution in [0.1, 0.15) is 48.2 Å². The maximum Gasteiger partial charge on any atom is 0.226 e. The number of nitrogens with zero attached hydrogens (tertiary/aromatic N) is 2. The van der Waals surface area contributed by atoms with Crippen LogP contribution in [0.5, 0.6) is 0 Å². The number of rotatable bonds is 3. The van der Waals surface area contributed by atoms with Gasteiger partial charge in [0.1, 0.15) is 5.01 Å². The predicted octanol–water partition coefficient (Wildman–Crippen LogP) is 4.00. The topological polar surface area (TPSA) is 33.2 Å². The van der Waals surface area contributed by atoms with Crippen molar-refractivity contribution < 1.29 is 4.79 Å². The first-order valence-electron chi connectivity index (χ1n) is 8.09. The van der Waals surface area contributed by atoms with E-state index in [9.17, 15) is 4.79 Å². The molecule has 3 atom stereocenters. The lowest BCUT2D eigenvalue weighted by molar-refractivity contribution is -0.136. The number of hydrogen-bond donors (Lipinski definition) is 0. The van der Waals surface area contributed by atoms with Crippen molar-refractivity contribution >= 4 is 17.2 Å².